The monoisotopic (exact) mass is 380 g/mol. The molecule has 6 rings (SSSR count). The lowest BCUT2D eigenvalue weighted by Gasteiger charge is -2.60. The van der Waals surface area contributed by atoms with Crippen molar-refractivity contribution in [2.45, 2.75) is 70.3 Å². The van der Waals surface area contributed by atoms with Crippen molar-refractivity contribution >= 4 is 11.8 Å². The SMILES string of the molecule is C=C[C@@H]1CC2=CC(=O)CC[C@@H]2C2CC[C@@]3(CC)C(C21)[C@H]1C[C@H]1[C@@]31CCC(=O)O1. The summed E-state index contributed by atoms with van der Waals surface area (Å²) in [7, 11) is 0. The predicted molar refractivity (Wildman–Crippen MR) is 106 cm³/mol. The van der Waals surface area contributed by atoms with Crippen LogP contribution in [0.5, 0.6) is 0 Å². The van der Waals surface area contributed by atoms with Crippen LogP contribution in [0.15, 0.2) is 24.3 Å². The highest BCUT2D eigenvalue weighted by atomic mass is 16.6. The van der Waals surface area contributed by atoms with Gasteiger partial charge >= 0.3 is 5.97 Å². The first-order valence-electron chi connectivity index (χ1n) is 11.6. The third-order valence-corrected chi connectivity index (χ3v) is 10.2. The molecular weight excluding hydrogens is 348 g/mol. The summed E-state index contributed by atoms with van der Waals surface area (Å²) >= 11 is 0. The van der Waals surface area contributed by atoms with Crippen LogP contribution in [0.1, 0.15) is 64.7 Å². The second-order valence-electron chi connectivity index (χ2n) is 10.6. The molecule has 3 heteroatoms. The van der Waals surface area contributed by atoms with E-state index in [9.17, 15) is 9.59 Å². The van der Waals surface area contributed by atoms with Crippen LogP contribution in [0, 0.1) is 46.8 Å². The van der Waals surface area contributed by atoms with Crippen molar-refractivity contribution in [1.82, 2.24) is 0 Å². The molecular formula is C25H32O3. The number of esters is 1. The fourth-order valence-corrected chi connectivity index (χ4v) is 9.31. The highest BCUT2D eigenvalue weighted by Crippen LogP contribution is 2.79. The molecule has 1 heterocycles. The molecule has 9 atom stereocenters. The molecule has 5 fully saturated rings. The number of allylic oxidation sites excluding steroid dienone is 2. The molecule has 1 aliphatic heterocycles. The standard InChI is InChI=1S/C25H32O3/c1-3-14-11-15-12-16(26)5-6-17(15)18-7-9-24(4-2)23(22(14)18)19-13-20(19)25(24)10-8-21(27)28-25/h3,12,14,17-20,22-23H,1,4-11,13H2,2H3/t14-,17+,18?,19+,20-,22?,23?,24+,25+/m1/s1. The Labute approximate surface area is 168 Å². The zero-order valence-corrected chi connectivity index (χ0v) is 17.0. The van der Waals surface area contributed by atoms with Crippen LogP contribution in [-0.2, 0) is 14.3 Å². The van der Waals surface area contributed by atoms with E-state index in [1.165, 1.54) is 24.8 Å². The first-order chi connectivity index (χ1) is 13.5. The number of hydrogen-bond donors (Lipinski definition) is 0. The Kier molecular flexibility index (Phi) is 3.50. The lowest BCUT2D eigenvalue weighted by atomic mass is 9.45. The van der Waals surface area contributed by atoms with Crippen LogP contribution in [0.25, 0.3) is 0 Å². The minimum absolute atomic E-state index is 0.0428. The van der Waals surface area contributed by atoms with Crippen LogP contribution < -0.4 is 0 Å². The number of carbonyl (C=O) groups is 2. The molecule has 5 aliphatic carbocycles. The van der Waals surface area contributed by atoms with Crippen molar-refractivity contribution in [2.24, 2.45) is 46.8 Å². The van der Waals surface area contributed by atoms with Crippen LogP contribution in [0.4, 0.5) is 0 Å². The van der Waals surface area contributed by atoms with E-state index in [2.05, 4.69) is 19.6 Å². The van der Waals surface area contributed by atoms with Crippen LogP contribution >= 0.6 is 0 Å². The van der Waals surface area contributed by atoms with E-state index in [0.717, 1.165) is 38.0 Å². The Bertz CT molecular complexity index is 796. The van der Waals surface area contributed by atoms with Crippen molar-refractivity contribution < 1.29 is 14.3 Å². The van der Waals surface area contributed by atoms with Gasteiger partial charge in [0.25, 0.3) is 0 Å². The molecule has 0 aromatic carbocycles. The maximum atomic E-state index is 12.2. The molecule has 6 aliphatic rings. The van der Waals surface area contributed by atoms with E-state index in [4.69, 9.17) is 4.74 Å². The van der Waals surface area contributed by atoms with E-state index in [1.807, 2.05) is 6.08 Å². The highest BCUT2D eigenvalue weighted by molar-refractivity contribution is 5.91. The van der Waals surface area contributed by atoms with Gasteiger partial charge in [-0.2, -0.15) is 0 Å². The molecule has 0 N–H and O–H groups in total. The molecule has 0 aromatic heterocycles. The number of ketones is 1. The fraction of sp³-hybridized carbons (Fsp3) is 0.760. The maximum absolute atomic E-state index is 12.2. The third kappa shape index (κ3) is 1.92. The Morgan fingerprint density at radius 1 is 1.21 bits per heavy atom. The van der Waals surface area contributed by atoms with Crippen molar-refractivity contribution in [3.05, 3.63) is 24.3 Å². The Morgan fingerprint density at radius 2 is 2.07 bits per heavy atom. The van der Waals surface area contributed by atoms with Gasteiger partial charge in [0.05, 0.1) is 0 Å². The van der Waals surface area contributed by atoms with Gasteiger partial charge in [0.1, 0.15) is 5.60 Å². The molecule has 1 saturated heterocycles. The van der Waals surface area contributed by atoms with Crippen molar-refractivity contribution in [3.63, 3.8) is 0 Å². The highest BCUT2D eigenvalue weighted by Gasteiger charge is 2.79. The van der Waals surface area contributed by atoms with Gasteiger partial charge in [-0.15, -0.1) is 6.58 Å². The molecule has 0 aromatic rings. The second-order valence-corrected chi connectivity index (χ2v) is 10.6. The first kappa shape index (κ1) is 17.5. The Balaban J connectivity index is 1.44. The molecule has 1 spiro atoms. The van der Waals surface area contributed by atoms with Gasteiger partial charge in [0.2, 0.25) is 0 Å². The summed E-state index contributed by atoms with van der Waals surface area (Å²) in [6.45, 7) is 6.59. The fourth-order valence-electron chi connectivity index (χ4n) is 9.31. The quantitative estimate of drug-likeness (QED) is 0.507. The van der Waals surface area contributed by atoms with E-state index in [1.54, 1.807) is 0 Å². The average Bonchev–Trinajstić information content (AvgIpc) is 3.34. The maximum Gasteiger partial charge on any atom is 0.306 e. The summed E-state index contributed by atoms with van der Waals surface area (Å²) in [5.41, 5.74) is 1.43. The summed E-state index contributed by atoms with van der Waals surface area (Å²) < 4.78 is 6.28. The molecule has 3 nitrogen and oxygen atoms in total. The lowest BCUT2D eigenvalue weighted by molar-refractivity contribution is -0.181. The first-order valence-corrected chi connectivity index (χ1v) is 11.6. The summed E-state index contributed by atoms with van der Waals surface area (Å²) in [4.78, 5) is 24.3. The van der Waals surface area contributed by atoms with Crippen LogP contribution in [0.3, 0.4) is 0 Å². The smallest absolute Gasteiger partial charge is 0.306 e. The molecule has 28 heavy (non-hydrogen) atoms. The van der Waals surface area contributed by atoms with E-state index in [-0.39, 0.29) is 17.0 Å². The minimum Gasteiger partial charge on any atom is -0.458 e. The zero-order valence-electron chi connectivity index (χ0n) is 17.0. The molecule has 0 radical (unpaired) electrons. The normalized spacial score (nSPS) is 53.6. The number of rotatable bonds is 2. The summed E-state index contributed by atoms with van der Waals surface area (Å²) in [6.07, 6.45) is 13.4. The van der Waals surface area contributed by atoms with E-state index in [0.29, 0.717) is 47.7 Å². The van der Waals surface area contributed by atoms with Gasteiger partial charge in [-0.1, -0.05) is 18.6 Å². The molecule has 4 saturated carbocycles. The van der Waals surface area contributed by atoms with E-state index < -0.39 is 0 Å². The second kappa shape index (κ2) is 5.61. The average molecular weight is 381 g/mol. The summed E-state index contributed by atoms with van der Waals surface area (Å²) in [6, 6.07) is 0. The van der Waals surface area contributed by atoms with E-state index >= 15 is 0 Å². The lowest BCUT2D eigenvalue weighted by Crippen LogP contribution is -2.57. The van der Waals surface area contributed by atoms with Crippen LogP contribution in [0.2, 0.25) is 0 Å². The summed E-state index contributed by atoms with van der Waals surface area (Å²) in [5, 5.41) is 0. The molecule has 0 bridgehead atoms. The van der Waals surface area contributed by atoms with Gasteiger partial charge in [-0.05, 0) is 86.5 Å². The minimum atomic E-state index is -0.163. The van der Waals surface area contributed by atoms with Gasteiger partial charge in [-0.25, -0.2) is 0 Å². The number of carbonyl (C=O) groups excluding carboxylic acids is 2. The predicted octanol–water partition coefficient (Wildman–Crippen LogP) is 4.86. The zero-order chi connectivity index (χ0) is 19.3. The van der Waals surface area contributed by atoms with Crippen molar-refractivity contribution in [2.75, 3.05) is 0 Å². The number of ether oxygens (including phenoxy) is 1. The van der Waals surface area contributed by atoms with Crippen molar-refractivity contribution in [1.29, 1.82) is 0 Å². The van der Waals surface area contributed by atoms with Gasteiger partial charge < -0.3 is 4.74 Å². The molecule has 3 unspecified atom stereocenters. The Morgan fingerprint density at radius 3 is 2.79 bits per heavy atom. The molecule has 0 amide bonds. The third-order valence-electron chi connectivity index (χ3n) is 10.2. The van der Waals surface area contributed by atoms with Gasteiger partial charge in [-0.3, -0.25) is 9.59 Å². The topological polar surface area (TPSA) is 43.4 Å². The number of hydrogen-bond acceptors (Lipinski definition) is 3. The van der Waals surface area contributed by atoms with Gasteiger partial charge in [0, 0.05) is 24.2 Å². The summed E-state index contributed by atoms with van der Waals surface area (Å²) in [5.74, 6) is 4.83. The van der Waals surface area contributed by atoms with Crippen molar-refractivity contribution in [3.8, 4) is 0 Å². The number of fused-ring (bicyclic) bond motifs is 9. The largest absolute Gasteiger partial charge is 0.458 e. The van der Waals surface area contributed by atoms with Gasteiger partial charge in [0.15, 0.2) is 5.78 Å². The Hall–Kier alpha value is -1.38. The molecule has 150 valence electrons. The van der Waals surface area contributed by atoms with Crippen LogP contribution in [-0.4, -0.2) is 17.4 Å².